The molecule has 1 aliphatic carbocycles. The zero-order valence-electron chi connectivity index (χ0n) is 14.8. The van der Waals surface area contributed by atoms with Crippen LogP contribution in [0.1, 0.15) is 53.5 Å². The van der Waals surface area contributed by atoms with E-state index in [0.717, 1.165) is 25.7 Å². The zero-order valence-corrected chi connectivity index (χ0v) is 14.8. The molecule has 1 saturated carbocycles. The Balaban J connectivity index is 1.71. The number of rotatable bonds is 6. The summed E-state index contributed by atoms with van der Waals surface area (Å²) in [6.45, 7) is 2.39. The third-order valence-electron chi connectivity index (χ3n) is 4.38. The number of aromatic nitrogens is 1. The van der Waals surface area contributed by atoms with Gasteiger partial charge in [-0.05, 0) is 44.0 Å². The summed E-state index contributed by atoms with van der Waals surface area (Å²) in [6.07, 6.45) is 5.76. The molecule has 2 aromatic rings. The van der Waals surface area contributed by atoms with Crippen molar-refractivity contribution in [1.29, 1.82) is 0 Å². The first kappa shape index (κ1) is 17.9. The number of ether oxygens (including phenoxy) is 1. The summed E-state index contributed by atoms with van der Waals surface area (Å²) in [5.74, 6) is 0.0624. The van der Waals surface area contributed by atoms with Crippen molar-refractivity contribution in [3.8, 4) is 5.75 Å². The zero-order chi connectivity index (χ0) is 18.4. The molecule has 2 N–H and O–H groups in total. The lowest BCUT2D eigenvalue weighted by molar-refractivity contribution is 0.0933. The summed E-state index contributed by atoms with van der Waals surface area (Å²) < 4.78 is 5.52. The van der Waals surface area contributed by atoms with Gasteiger partial charge in [0.25, 0.3) is 11.8 Å². The molecule has 6 nitrogen and oxygen atoms in total. The van der Waals surface area contributed by atoms with Crippen LogP contribution in [0.15, 0.2) is 42.6 Å². The van der Waals surface area contributed by atoms with Crippen molar-refractivity contribution in [1.82, 2.24) is 10.3 Å². The normalized spacial score (nSPS) is 14.0. The Morgan fingerprint density at radius 2 is 1.92 bits per heavy atom. The summed E-state index contributed by atoms with van der Waals surface area (Å²) in [6, 6.07) is 10.6. The van der Waals surface area contributed by atoms with Gasteiger partial charge in [-0.15, -0.1) is 0 Å². The van der Waals surface area contributed by atoms with Gasteiger partial charge in [0.15, 0.2) is 0 Å². The average Bonchev–Trinajstić information content (AvgIpc) is 3.16. The second-order valence-electron chi connectivity index (χ2n) is 6.27. The molecule has 1 aliphatic rings. The molecule has 26 heavy (non-hydrogen) atoms. The van der Waals surface area contributed by atoms with Crippen LogP contribution in [0.25, 0.3) is 0 Å². The molecule has 0 atom stereocenters. The lowest BCUT2D eigenvalue weighted by Crippen LogP contribution is -2.33. The Bertz CT molecular complexity index is 785. The molecule has 0 aliphatic heterocycles. The summed E-state index contributed by atoms with van der Waals surface area (Å²) in [5.41, 5.74) is 1.22. The lowest BCUT2D eigenvalue weighted by atomic mass is 10.2. The average molecular weight is 353 g/mol. The number of para-hydroxylation sites is 2. The van der Waals surface area contributed by atoms with Crippen LogP contribution < -0.4 is 15.4 Å². The molecular formula is C20H23N3O3. The van der Waals surface area contributed by atoms with Gasteiger partial charge >= 0.3 is 0 Å². The molecular weight excluding hydrogens is 330 g/mol. The van der Waals surface area contributed by atoms with E-state index >= 15 is 0 Å². The highest BCUT2D eigenvalue weighted by Gasteiger charge is 2.19. The maximum Gasteiger partial charge on any atom is 0.270 e. The molecule has 0 unspecified atom stereocenters. The molecule has 3 rings (SSSR count). The fourth-order valence-corrected chi connectivity index (χ4v) is 3.07. The smallest absolute Gasteiger partial charge is 0.270 e. The third kappa shape index (κ3) is 4.39. The number of nitrogens with zero attached hydrogens (tertiary/aromatic N) is 1. The number of carbonyl (C=O) groups excluding carboxylic acids is 2. The Labute approximate surface area is 153 Å². The molecule has 0 bridgehead atoms. The monoisotopic (exact) mass is 353 g/mol. The molecule has 1 fully saturated rings. The van der Waals surface area contributed by atoms with Crippen molar-refractivity contribution in [3.63, 3.8) is 0 Å². The lowest BCUT2D eigenvalue weighted by Gasteiger charge is -2.13. The molecule has 0 radical (unpaired) electrons. The minimum Gasteiger partial charge on any atom is -0.492 e. The van der Waals surface area contributed by atoms with E-state index in [4.69, 9.17) is 4.74 Å². The highest BCUT2D eigenvalue weighted by Crippen LogP contribution is 2.24. The molecule has 6 heteroatoms. The van der Waals surface area contributed by atoms with E-state index in [2.05, 4.69) is 15.6 Å². The van der Waals surface area contributed by atoms with Gasteiger partial charge in [-0.1, -0.05) is 25.0 Å². The summed E-state index contributed by atoms with van der Waals surface area (Å²) in [4.78, 5) is 29.0. The van der Waals surface area contributed by atoms with E-state index in [1.165, 1.54) is 12.3 Å². The van der Waals surface area contributed by atoms with Crippen molar-refractivity contribution < 1.29 is 14.3 Å². The van der Waals surface area contributed by atoms with Gasteiger partial charge in [0.05, 0.1) is 12.3 Å². The fourth-order valence-electron chi connectivity index (χ4n) is 3.07. The highest BCUT2D eigenvalue weighted by atomic mass is 16.5. The van der Waals surface area contributed by atoms with Gasteiger partial charge in [-0.2, -0.15) is 0 Å². The van der Waals surface area contributed by atoms with Crippen LogP contribution in [0, 0.1) is 0 Å². The van der Waals surface area contributed by atoms with E-state index in [0.29, 0.717) is 23.6 Å². The van der Waals surface area contributed by atoms with Crippen LogP contribution in [-0.2, 0) is 0 Å². The molecule has 1 aromatic heterocycles. The van der Waals surface area contributed by atoms with Gasteiger partial charge in [-0.3, -0.25) is 14.6 Å². The molecule has 136 valence electrons. The van der Waals surface area contributed by atoms with E-state index < -0.39 is 0 Å². The van der Waals surface area contributed by atoms with Gasteiger partial charge < -0.3 is 15.4 Å². The minimum absolute atomic E-state index is 0.208. The van der Waals surface area contributed by atoms with Crippen LogP contribution in [-0.4, -0.2) is 29.4 Å². The number of hydrogen-bond donors (Lipinski definition) is 2. The second-order valence-corrected chi connectivity index (χ2v) is 6.27. The number of pyridine rings is 1. The van der Waals surface area contributed by atoms with Crippen LogP contribution in [0.3, 0.4) is 0 Å². The summed E-state index contributed by atoms with van der Waals surface area (Å²) >= 11 is 0. The maximum absolute atomic E-state index is 12.6. The van der Waals surface area contributed by atoms with Gasteiger partial charge in [0.1, 0.15) is 11.4 Å². The summed E-state index contributed by atoms with van der Waals surface area (Å²) in [7, 11) is 0. The predicted molar refractivity (Wildman–Crippen MR) is 99.5 cm³/mol. The van der Waals surface area contributed by atoms with Gasteiger partial charge in [0, 0.05) is 17.8 Å². The third-order valence-corrected chi connectivity index (χ3v) is 4.38. The number of anilines is 1. The largest absolute Gasteiger partial charge is 0.492 e. The first-order chi connectivity index (χ1) is 12.7. The van der Waals surface area contributed by atoms with Crippen molar-refractivity contribution in [2.24, 2.45) is 0 Å². The first-order valence-corrected chi connectivity index (χ1v) is 8.97. The topological polar surface area (TPSA) is 80.3 Å². The molecule has 2 amide bonds. The molecule has 1 aromatic carbocycles. The second kappa shape index (κ2) is 8.47. The number of nitrogens with one attached hydrogen (secondary N) is 2. The first-order valence-electron chi connectivity index (χ1n) is 8.97. The van der Waals surface area contributed by atoms with E-state index in [-0.39, 0.29) is 23.6 Å². The Hall–Kier alpha value is -2.89. The molecule has 0 spiro atoms. The number of benzene rings is 1. The number of carbonyl (C=O) groups is 2. The Morgan fingerprint density at radius 1 is 1.15 bits per heavy atom. The Morgan fingerprint density at radius 3 is 2.69 bits per heavy atom. The van der Waals surface area contributed by atoms with E-state index in [1.807, 2.05) is 19.1 Å². The number of amides is 2. The van der Waals surface area contributed by atoms with Crippen LogP contribution in [0.2, 0.25) is 0 Å². The van der Waals surface area contributed by atoms with E-state index in [1.54, 1.807) is 18.2 Å². The van der Waals surface area contributed by atoms with Crippen molar-refractivity contribution in [2.75, 3.05) is 11.9 Å². The van der Waals surface area contributed by atoms with Crippen LogP contribution >= 0.6 is 0 Å². The number of hydrogen-bond acceptors (Lipinski definition) is 4. The fraction of sp³-hybridized carbons (Fsp3) is 0.350. The van der Waals surface area contributed by atoms with Crippen molar-refractivity contribution in [2.45, 2.75) is 38.6 Å². The minimum atomic E-state index is -0.311. The van der Waals surface area contributed by atoms with E-state index in [9.17, 15) is 9.59 Å². The standard InChI is InChI=1S/C20H23N3O3/c1-2-26-18-10-6-5-9-16(18)23-19(24)14-11-12-21-17(13-14)20(25)22-15-7-3-4-8-15/h5-6,9-13,15H,2-4,7-8H2,1H3,(H,22,25)(H,23,24). The summed E-state index contributed by atoms with van der Waals surface area (Å²) in [5, 5.41) is 5.81. The van der Waals surface area contributed by atoms with Gasteiger partial charge in [0.2, 0.25) is 0 Å². The van der Waals surface area contributed by atoms with Crippen LogP contribution in [0.5, 0.6) is 5.75 Å². The highest BCUT2D eigenvalue weighted by molar-refractivity contribution is 6.06. The van der Waals surface area contributed by atoms with Crippen molar-refractivity contribution in [3.05, 3.63) is 53.9 Å². The SMILES string of the molecule is CCOc1ccccc1NC(=O)c1ccnc(C(=O)NC2CCCC2)c1. The molecule has 1 heterocycles. The molecule has 0 saturated heterocycles. The quantitative estimate of drug-likeness (QED) is 0.834. The van der Waals surface area contributed by atoms with Gasteiger partial charge in [-0.25, -0.2) is 0 Å². The maximum atomic E-state index is 12.6. The van der Waals surface area contributed by atoms with Crippen LogP contribution in [0.4, 0.5) is 5.69 Å². The van der Waals surface area contributed by atoms with Crippen molar-refractivity contribution >= 4 is 17.5 Å². The Kier molecular flexibility index (Phi) is 5.84. The predicted octanol–water partition coefficient (Wildman–Crippen LogP) is 3.41.